The molecule has 0 spiro atoms. The van der Waals surface area contributed by atoms with Gasteiger partial charge in [0.05, 0.1) is 0 Å². The van der Waals surface area contributed by atoms with Crippen LogP contribution in [0.15, 0.2) is 59.7 Å². The number of nitrogens with zero attached hydrogens (tertiary/aromatic N) is 3. The molecule has 0 N–H and O–H groups in total. The minimum Gasteiger partial charge on any atom is -0.325 e. The van der Waals surface area contributed by atoms with Gasteiger partial charge < -0.3 is 4.90 Å². The van der Waals surface area contributed by atoms with Gasteiger partial charge >= 0.3 is 0 Å². The molecule has 3 nitrogen and oxygen atoms in total. The fourth-order valence-corrected chi connectivity index (χ4v) is 2.68. The molecule has 20 heavy (non-hydrogen) atoms. The Bertz CT molecular complexity index is 579. The van der Waals surface area contributed by atoms with Crippen molar-refractivity contribution in [3.8, 4) is 0 Å². The van der Waals surface area contributed by atoms with Gasteiger partial charge in [0.1, 0.15) is 0 Å². The molecule has 0 saturated carbocycles. The highest BCUT2D eigenvalue weighted by Gasteiger charge is 2.04. The number of allylic oxidation sites excluding steroid dienone is 3. The number of aryl methyl sites for hydroxylation is 2. The Kier molecular flexibility index (Phi) is 4.79. The van der Waals surface area contributed by atoms with Gasteiger partial charge in [0, 0.05) is 35.2 Å². The van der Waals surface area contributed by atoms with Gasteiger partial charge in [-0.1, -0.05) is 24.4 Å². The van der Waals surface area contributed by atoms with Crippen LogP contribution in [0.4, 0.5) is 0 Å². The smallest absolute Gasteiger partial charge is 0.188 e. The highest BCUT2D eigenvalue weighted by atomic mass is 32.2. The minimum absolute atomic E-state index is 0.836. The molecule has 0 radical (unpaired) electrons. The van der Waals surface area contributed by atoms with Gasteiger partial charge in [-0.2, -0.15) is 0 Å². The van der Waals surface area contributed by atoms with E-state index >= 15 is 0 Å². The van der Waals surface area contributed by atoms with Gasteiger partial charge in [0.25, 0.3) is 0 Å². The quantitative estimate of drug-likeness (QED) is 0.618. The zero-order chi connectivity index (χ0) is 14.5. The van der Waals surface area contributed by atoms with E-state index in [1.165, 1.54) is 5.57 Å². The first kappa shape index (κ1) is 14.6. The first-order valence-corrected chi connectivity index (χ1v) is 7.47. The lowest BCUT2D eigenvalue weighted by Crippen LogP contribution is -2.09. The summed E-state index contributed by atoms with van der Waals surface area (Å²) in [6, 6.07) is 1.99. The molecule has 1 aliphatic rings. The molecule has 0 atom stereocenters. The zero-order valence-corrected chi connectivity index (χ0v) is 12.9. The molecule has 0 amide bonds. The zero-order valence-electron chi connectivity index (χ0n) is 12.1. The fourth-order valence-electron chi connectivity index (χ4n) is 1.83. The second-order valence-electron chi connectivity index (χ2n) is 4.80. The lowest BCUT2D eigenvalue weighted by atomic mass is 10.3. The highest BCUT2D eigenvalue weighted by Crippen LogP contribution is 2.19. The van der Waals surface area contributed by atoms with Crippen molar-refractivity contribution in [2.75, 3.05) is 5.75 Å². The maximum absolute atomic E-state index is 4.44. The Morgan fingerprint density at radius 3 is 2.65 bits per heavy atom. The Morgan fingerprint density at radius 1 is 1.30 bits per heavy atom. The van der Waals surface area contributed by atoms with Crippen LogP contribution in [0.2, 0.25) is 0 Å². The van der Waals surface area contributed by atoms with Crippen molar-refractivity contribution in [1.29, 1.82) is 0 Å². The van der Waals surface area contributed by atoms with E-state index in [4.69, 9.17) is 0 Å². The maximum atomic E-state index is 4.44. The van der Waals surface area contributed by atoms with E-state index in [0.29, 0.717) is 0 Å². The summed E-state index contributed by atoms with van der Waals surface area (Å²) in [4.78, 5) is 10.9. The average Bonchev–Trinajstić information content (AvgIpc) is 2.38. The molecule has 0 bridgehead atoms. The van der Waals surface area contributed by atoms with Gasteiger partial charge in [0.15, 0.2) is 5.16 Å². The number of hydrogen-bond acceptors (Lipinski definition) is 4. The number of hydrogen-bond donors (Lipinski definition) is 0. The molecule has 0 saturated heterocycles. The van der Waals surface area contributed by atoms with Gasteiger partial charge in [-0.3, -0.25) is 0 Å². The van der Waals surface area contributed by atoms with E-state index in [1.54, 1.807) is 11.8 Å². The van der Waals surface area contributed by atoms with Gasteiger partial charge in [-0.25, -0.2) is 9.97 Å². The van der Waals surface area contributed by atoms with Crippen molar-refractivity contribution in [3.63, 3.8) is 0 Å². The molecular weight excluding hydrogens is 266 g/mol. The molecule has 2 heterocycles. The lowest BCUT2D eigenvalue weighted by molar-refractivity contribution is 0.642. The molecular formula is C16H19N3S. The van der Waals surface area contributed by atoms with Crippen LogP contribution in [-0.4, -0.2) is 20.6 Å². The van der Waals surface area contributed by atoms with Crippen LogP contribution >= 0.6 is 11.8 Å². The number of thioether (sulfide) groups is 1. The maximum Gasteiger partial charge on any atom is 0.188 e. The molecule has 1 aliphatic heterocycles. The van der Waals surface area contributed by atoms with Crippen molar-refractivity contribution in [1.82, 2.24) is 14.9 Å². The summed E-state index contributed by atoms with van der Waals surface area (Å²) in [6.45, 7) is 10.1. The van der Waals surface area contributed by atoms with Crippen molar-refractivity contribution < 1.29 is 0 Å². The summed E-state index contributed by atoms with van der Waals surface area (Å²) < 4.78 is 0. The predicted octanol–water partition coefficient (Wildman–Crippen LogP) is 3.99. The van der Waals surface area contributed by atoms with E-state index in [1.807, 2.05) is 49.2 Å². The number of aromatic nitrogens is 2. The van der Waals surface area contributed by atoms with Crippen molar-refractivity contribution in [2.24, 2.45) is 0 Å². The third kappa shape index (κ3) is 4.10. The highest BCUT2D eigenvalue weighted by molar-refractivity contribution is 7.99. The van der Waals surface area contributed by atoms with Crippen LogP contribution < -0.4 is 0 Å². The normalized spacial score (nSPS) is 15.1. The summed E-state index contributed by atoms with van der Waals surface area (Å²) >= 11 is 1.66. The topological polar surface area (TPSA) is 29.0 Å². The number of rotatable bonds is 4. The average molecular weight is 285 g/mol. The third-order valence-corrected chi connectivity index (χ3v) is 3.77. The Balaban J connectivity index is 1.98. The van der Waals surface area contributed by atoms with Crippen LogP contribution in [0, 0.1) is 13.8 Å². The SMILES string of the molecule is C=C1C=CC=CN1/C=C(\C)CSc1nc(C)cc(C)n1. The Morgan fingerprint density at radius 2 is 2.00 bits per heavy atom. The molecule has 0 aliphatic carbocycles. The molecule has 4 heteroatoms. The van der Waals surface area contributed by atoms with E-state index in [9.17, 15) is 0 Å². The van der Waals surface area contributed by atoms with Crippen LogP contribution in [0.5, 0.6) is 0 Å². The van der Waals surface area contributed by atoms with Crippen LogP contribution in [0.3, 0.4) is 0 Å². The molecule has 0 fully saturated rings. The standard InChI is InChI=1S/C16H19N3S/c1-12(10-19-8-6-5-7-15(19)4)11-20-16-17-13(2)9-14(3)18-16/h5-10H,4,11H2,1-3H3/b12-10+. The Labute approximate surface area is 124 Å². The molecule has 0 aromatic carbocycles. The molecule has 2 rings (SSSR count). The van der Waals surface area contributed by atoms with Crippen LogP contribution in [0.1, 0.15) is 18.3 Å². The van der Waals surface area contributed by atoms with Gasteiger partial charge in [-0.15, -0.1) is 0 Å². The van der Waals surface area contributed by atoms with Crippen LogP contribution in [0.25, 0.3) is 0 Å². The Hall–Kier alpha value is -1.81. The summed E-state index contributed by atoms with van der Waals surface area (Å²) in [5.74, 6) is 0.865. The van der Waals surface area contributed by atoms with E-state index in [2.05, 4.69) is 29.7 Å². The molecule has 1 aromatic heterocycles. The van der Waals surface area contributed by atoms with E-state index in [-0.39, 0.29) is 0 Å². The second kappa shape index (κ2) is 6.57. The summed E-state index contributed by atoms with van der Waals surface area (Å²) in [6.07, 6.45) is 10.1. The largest absolute Gasteiger partial charge is 0.325 e. The first-order chi connectivity index (χ1) is 9.54. The van der Waals surface area contributed by atoms with Crippen molar-refractivity contribution >= 4 is 11.8 Å². The van der Waals surface area contributed by atoms with Crippen molar-refractivity contribution in [3.05, 3.63) is 65.9 Å². The van der Waals surface area contributed by atoms with E-state index in [0.717, 1.165) is 28.0 Å². The summed E-state index contributed by atoms with van der Waals surface area (Å²) in [7, 11) is 0. The third-order valence-electron chi connectivity index (χ3n) is 2.73. The van der Waals surface area contributed by atoms with Gasteiger partial charge in [0.2, 0.25) is 0 Å². The van der Waals surface area contributed by atoms with Gasteiger partial charge in [-0.05, 0) is 44.6 Å². The monoisotopic (exact) mass is 285 g/mol. The predicted molar refractivity (Wildman–Crippen MR) is 85.2 cm³/mol. The fraction of sp³-hybridized carbons (Fsp3) is 0.250. The summed E-state index contributed by atoms with van der Waals surface area (Å²) in [5, 5.41) is 0.836. The molecule has 104 valence electrons. The lowest BCUT2D eigenvalue weighted by Gasteiger charge is -2.19. The minimum atomic E-state index is 0.836. The first-order valence-electron chi connectivity index (χ1n) is 6.49. The van der Waals surface area contributed by atoms with Crippen LogP contribution in [-0.2, 0) is 0 Å². The van der Waals surface area contributed by atoms with E-state index < -0.39 is 0 Å². The molecule has 1 aromatic rings. The second-order valence-corrected chi connectivity index (χ2v) is 5.74. The summed E-state index contributed by atoms with van der Waals surface area (Å²) in [5.41, 5.74) is 4.25. The molecule has 0 unspecified atom stereocenters. The van der Waals surface area contributed by atoms with Crippen molar-refractivity contribution in [2.45, 2.75) is 25.9 Å².